The van der Waals surface area contributed by atoms with Gasteiger partial charge in [-0.05, 0) is 19.8 Å². The van der Waals surface area contributed by atoms with Gasteiger partial charge in [0, 0.05) is 0 Å². The Bertz CT molecular complexity index is 110. The lowest BCUT2D eigenvalue weighted by Gasteiger charge is -2.23. The molecule has 3 heteroatoms. The molecule has 0 aromatic rings. The molecule has 0 aliphatic heterocycles. The van der Waals surface area contributed by atoms with Crippen molar-refractivity contribution in [2.24, 2.45) is 0 Å². The van der Waals surface area contributed by atoms with E-state index in [1.165, 1.54) is 0 Å². The number of rotatable bonds is 4. The van der Waals surface area contributed by atoms with E-state index in [2.05, 4.69) is 6.58 Å². The van der Waals surface area contributed by atoms with Crippen LogP contribution < -0.4 is 0 Å². The number of halogens is 2. The van der Waals surface area contributed by atoms with Gasteiger partial charge in [0.05, 0.1) is 5.60 Å². The first kappa shape index (κ1) is 10.3. The van der Waals surface area contributed by atoms with Crippen LogP contribution in [0.15, 0.2) is 12.7 Å². The lowest BCUT2D eigenvalue weighted by atomic mass is 10.0. The monoisotopic (exact) mass is 182 g/mol. The van der Waals surface area contributed by atoms with Crippen molar-refractivity contribution < 1.29 is 5.11 Å². The van der Waals surface area contributed by atoms with Crippen LogP contribution >= 0.6 is 23.2 Å². The van der Waals surface area contributed by atoms with Crippen LogP contribution in [0.2, 0.25) is 0 Å². The molecule has 0 saturated carbocycles. The van der Waals surface area contributed by atoms with Gasteiger partial charge in [-0.3, -0.25) is 0 Å². The van der Waals surface area contributed by atoms with Crippen LogP contribution in [0.5, 0.6) is 0 Å². The molecule has 10 heavy (non-hydrogen) atoms. The van der Waals surface area contributed by atoms with Gasteiger partial charge in [-0.1, -0.05) is 6.08 Å². The Balaban J connectivity index is 3.74. The minimum absolute atomic E-state index is 0.550. The molecule has 0 aliphatic rings. The highest BCUT2D eigenvalue weighted by atomic mass is 35.5. The zero-order valence-electron chi connectivity index (χ0n) is 5.98. The van der Waals surface area contributed by atoms with Gasteiger partial charge in [0.15, 0.2) is 0 Å². The summed E-state index contributed by atoms with van der Waals surface area (Å²) < 4.78 is 0. The molecule has 0 heterocycles. The molecule has 60 valence electrons. The summed E-state index contributed by atoms with van der Waals surface area (Å²) in [5, 5.41) is 9.41. The summed E-state index contributed by atoms with van der Waals surface area (Å²) >= 11 is 11.0. The second kappa shape index (κ2) is 4.22. The van der Waals surface area contributed by atoms with Gasteiger partial charge in [-0.25, -0.2) is 0 Å². The van der Waals surface area contributed by atoms with E-state index in [9.17, 15) is 5.11 Å². The minimum atomic E-state index is -0.989. The fourth-order valence-corrected chi connectivity index (χ4v) is 0.722. The van der Waals surface area contributed by atoms with Gasteiger partial charge in [-0.15, -0.1) is 29.8 Å². The standard InChI is InChI=1S/C7H12Cl2O/c1-3-4-5-7(2,10)6(8)9/h3,6,10H,1,4-5H2,2H3. The van der Waals surface area contributed by atoms with Gasteiger partial charge in [-0.2, -0.15) is 0 Å². The van der Waals surface area contributed by atoms with Crippen LogP contribution in [-0.4, -0.2) is 15.5 Å². The smallest absolute Gasteiger partial charge is 0.136 e. The fraction of sp³-hybridized carbons (Fsp3) is 0.714. The van der Waals surface area contributed by atoms with Crippen LogP contribution in [-0.2, 0) is 0 Å². The largest absolute Gasteiger partial charge is 0.387 e. The van der Waals surface area contributed by atoms with E-state index in [0.29, 0.717) is 6.42 Å². The molecule has 0 amide bonds. The Morgan fingerprint density at radius 2 is 2.20 bits per heavy atom. The summed E-state index contributed by atoms with van der Waals surface area (Å²) in [6, 6.07) is 0. The molecule has 0 bridgehead atoms. The molecule has 1 nitrogen and oxygen atoms in total. The van der Waals surface area contributed by atoms with Crippen molar-refractivity contribution in [3.8, 4) is 0 Å². The molecular formula is C7H12Cl2O. The SMILES string of the molecule is C=CCCC(C)(O)C(Cl)Cl. The lowest BCUT2D eigenvalue weighted by Crippen LogP contribution is -2.31. The Morgan fingerprint density at radius 3 is 2.50 bits per heavy atom. The molecule has 0 aliphatic carbocycles. The topological polar surface area (TPSA) is 20.2 Å². The highest BCUT2D eigenvalue weighted by molar-refractivity contribution is 6.45. The molecule has 0 rings (SSSR count). The van der Waals surface area contributed by atoms with E-state index in [0.717, 1.165) is 6.42 Å². The maximum absolute atomic E-state index is 9.41. The predicted octanol–water partition coefficient (Wildman–Crippen LogP) is 2.51. The number of hydrogen-bond donors (Lipinski definition) is 1. The zero-order valence-corrected chi connectivity index (χ0v) is 7.49. The Labute approximate surface area is 71.6 Å². The van der Waals surface area contributed by atoms with Crippen molar-refractivity contribution in [3.63, 3.8) is 0 Å². The second-order valence-electron chi connectivity index (χ2n) is 2.49. The number of hydrogen-bond acceptors (Lipinski definition) is 1. The third-order valence-corrected chi connectivity index (χ3v) is 2.26. The molecule has 1 unspecified atom stereocenters. The molecule has 0 spiro atoms. The average molecular weight is 183 g/mol. The van der Waals surface area contributed by atoms with E-state index in [1.807, 2.05) is 0 Å². The van der Waals surface area contributed by atoms with Gasteiger partial charge >= 0.3 is 0 Å². The first-order chi connectivity index (χ1) is 4.50. The molecule has 0 aromatic carbocycles. The number of aliphatic hydroxyl groups is 1. The Morgan fingerprint density at radius 1 is 1.70 bits per heavy atom. The van der Waals surface area contributed by atoms with E-state index in [-0.39, 0.29) is 0 Å². The summed E-state index contributed by atoms with van der Waals surface area (Å²) in [7, 11) is 0. The zero-order chi connectivity index (χ0) is 8.20. The molecule has 0 saturated heterocycles. The number of allylic oxidation sites excluding steroid dienone is 1. The van der Waals surface area contributed by atoms with Crippen molar-refractivity contribution in [1.82, 2.24) is 0 Å². The van der Waals surface area contributed by atoms with Crippen LogP contribution in [0, 0.1) is 0 Å². The van der Waals surface area contributed by atoms with Gasteiger partial charge in [0.2, 0.25) is 0 Å². The molecule has 1 atom stereocenters. The quantitative estimate of drug-likeness (QED) is 0.524. The lowest BCUT2D eigenvalue weighted by molar-refractivity contribution is 0.0660. The van der Waals surface area contributed by atoms with Crippen LogP contribution in [0.4, 0.5) is 0 Å². The summed E-state index contributed by atoms with van der Waals surface area (Å²) in [6.07, 6.45) is 3.00. The van der Waals surface area contributed by atoms with Crippen LogP contribution in [0.25, 0.3) is 0 Å². The minimum Gasteiger partial charge on any atom is -0.387 e. The summed E-state index contributed by atoms with van der Waals surface area (Å²) in [6.45, 7) is 5.14. The Kier molecular flexibility index (Phi) is 4.34. The van der Waals surface area contributed by atoms with E-state index in [1.54, 1.807) is 13.0 Å². The van der Waals surface area contributed by atoms with Crippen molar-refractivity contribution in [3.05, 3.63) is 12.7 Å². The van der Waals surface area contributed by atoms with Crippen LogP contribution in [0.1, 0.15) is 19.8 Å². The molecular weight excluding hydrogens is 171 g/mol. The van der Waals surface area contributed by atoms with E-state index >= 15 is 0 Å². The fourth-order valence-electron chi connectivity index (χ4n) is 0.503. The maximum Gasteiger partial charge on any atom is 0.136 e. The van der Waals surface area contributed by atoms with Gasteiger partial charge in [0.1, 0.15) is 4.84 Å². The highest BCUT2D eigenvalue weighted by Crippen LogP contribution is 2.24. The first-order valence-electron chi connectivity index (χ1n) is 3.12. The van der Waals surface area contributed by atoms with Crippen molar-refractivity contribution in [2.75, 3.05) is 0 Å². The van der Waals surface area contributed by atoms with Gasteiger partial charge in [0.25, 0.3) is 0 Å². The van der Waals surface area contributed by atoms with Crippen molar-refractivity contribution in [1.29, 1.82) is 0 Å². The van der Waals surface area contributed by atoms with Gasteiger partial charge < -0.3 is 5.11 Å². The summed E-state index contributed by atoms with van der Waals surface area (Å²) in [5.74, 6) is 0. The second-order valence-corrected chi connectivity index (χ2v) is 3.58. The Hall–Kier alpha value is 0.280. The maximum atomic E-state index is 9.41. The highest BCUT2D eigenvalue weighted by Gasteiger charge is 2.27. The molecule has 0 radical (unpaired) electrons. The predicted molar refractivity (Wildman–Crippen MR) is 45.5 cm³/mol. The van der Waals surface area contributed by atoms with E-state index in [4.69, 9.17) is 23.2 Å². The van der Waals surface area contributed by atoms with Crippen molar-refractivity contribution >= 4 is 23.2 Å². The normalized spacial score (nSPS) is 16.9. The molecule has 1 N–H and O–H groups in total. The number of alkyl halides is 2. The third kappa shape index (κ3) is 3.45. The molecule has 0 fully saturated rings. The molecule has 0 aromatic heterocycles. The summed E-state index contributed by atoms with van der Waals surface area (Å²) in [5.41, 5.74) is -0.989. The van der Waals surface area contributed by atoms with Crippen LogP contribution in [0.3, 0.4) is 0 Å². The first-order valence-corrected chi connectivity index (χ1v) is 3.99. The van der Waals surface area contributed by atoms with Crippen molar-refractivity contribution in [2.45, 2.75) is 30.2 Å². The van der Waals surface area contributed by atoms with E-state index < -0.39 is 10.4 Å². The summed E-state index contributed by atoms with van der Waals surface area (Å²) in [4.78, 5) is -0.729. The third-order valence-electron chi connectivity index (χ3n) is 1.32. The average Bonchev–Trinajstić information content (AvgIpc) is 1.84.